The first-order valence-corrected chi connectivity index (χ1v) is 5.08. The van der Waals surface area contributed by atoms with Crippen molar-refractivity contribution in [2.45, 2.75) is 25.7 Å². The molecule has 16 heavy (non-hydrogen) atoms. The summed E-state index contributed by atoms with van der Waals surface area (Å²) >= 11 is 0. The fourth-order valence-electron chi connectivity index (χ4n) is 2.50. The summed E-state index contributed by atoms with van der Waals surface area (Å²) in [6.45, 7) is 0. The predicted molar refractivity (Wildman–Crippen MR) is 55.2 cm³/mol. The van der Waals surface area contributed by atoms with E-state index in [0.717, 1.165) is 0 Å². The molecule has 1 radical (unpaired) electrons. The van der Waals surface area contributed by atoms with Crippen LogP contribution in [-0.4, -0.2) is 0 Å². The second kappa shape index (κ2) is 6.89. The fourth-order valence-corrected chi connectivity index (χ4v) is 2.50. The van der Waals surface area contributed by atoms with Crippen LogP contribution in [0.5, 0.6) is 0 Å². The van der Waals surface area contributed by atoms with E-state index in [0.29, 0.717) is 0 Å². The van der Waals surface area contributed by atoms with E-state index in [1.54, 1.807) is 11.1 Å². The van der Waals surface area contributed by atoms with Gasteiger partial charge in [0.1, 0.15) is 0 Å². The molecule has 0 bridgehead atoms. The van der Waals surface area contributed by atoms with Crippen LogP contribution in [0.15, 0.2) is 29.8 Å². The molecule has 0 spiro atoms. The Morgan fingerprint density at radius 1 is 1.06 bits per heavy atom. The third-order valence-electron chi connectivity index (χ3n) is 3.13. The van der Waals surface area contributed by atoms with E-state index in [9.17, 15) is 0 Å². The average molecular weight is 331 g/mol. The largest absolute Gasteiger partial charge is 3.00 e. The van der Waals surface area contributed by atoms with Gasteiger partial charge in [0.15, 0.2) is 0 Å². The normalized spacial score (nSPS) is 15.8. The van der Waals surface area contributed by atoms with Gasteiger partial charge in [-0.05, 0) is 6.42 Å². The van der Waals surface area contributed by atoms with Gasteiger partial charge in [0.2, 0.25) is 0 Å². The van der Waals surface area contributed by atoms with E-state index in [4.69, 9.17) is 0 Å². The molecule has 0 fully saturated rings. The summed E-state index contributed by atoms with van der Waals surface area (Å²) < 4.78 is 0. The zero-order valence-corrected chi connectivity index (χ0v) is 12.9. The van der Waals surface area contributed by atoms with Crippen LogP contribution < -0.4 is 24.8 Å². The molecule has 0 unspecified atom stereocenters. The smallest absolute Gasteiger partial charge is 1.00 e. The van der Waals surface area contributed by atoms with E-state index >= 15 is 0 Å². The molecule has 0 atom stereocenters. The molecule has 0 saturated heterocycles. The summed E-state index contributed by atoms with van der Waals surface area (Å²) in [7, 11) is 0. The van der Waals surface area contributed by atoms with Crippen molar-refractivity contribution in [1.82, 2.24) is 0 Å². The second-order valence-electron chi connectivity index (χ2n) is 3.93. The quantitative estimate of drug-likeness (QED) is 0.457. The summed E-state index contributed by atoms with van der Waals surface area (Å²) in [6.07, 6.45) is 7.53. The maximum atomic E-state index is 2.43. The summed E-state index contributed by atoms with van der Waals surface area (Å²) in [5.41, 5.74) is 6.29. The van der Waals surface area contributed by atoms with Crippen LogP contribution in [0.3, 0.4) is 0 Å². The Bertz CT molecular complexity index is 385. The number of rotatable bonds is 0. The number of allylic oxidation sites excluding steroid dienone is 2. The van der Waals surface area contributed by atoms with Gasteiger partial charge < -0.3 is 24.8 Å². The van der Waals surface area contributed by atoms with Gasteiger partial charge in [-0.1, -0.05) is 42.7 Å². The van der Waals surface area contributed by atoms with Crippen LogP contribution in [0, 0.1) is 6.42 Å². The van der Waals surface area contributed by atoms with Crippen molar-refractivity contribution in [2.75, 3.05) is 0 Å². The maximum absolute atomic E-state index is 2.43. The van der Waals surface area contributed by atoms with Crippen LogP contribution in [0.4, 0.5) is 0 Å². The second-order valence-corrected chi connectivity index (χ2v) is 3.93. The van der Waals surface area contributed by atoms with Gasteiger partial charge in [0.25, 0.3) is 0 Å². The molecule has 0 heterocycles. The first-order valence-electron chi connectivity index (χ1n) is 5.08. The first kappa shape index (κ1) is 16.3. The zero-order valence-electron chi connectivity index (χ0n) is 8.97. The van der Waals surface area contributed by atoms with Gasteiger partial charge in [-0.3, -0.25) is 0 Å². The molecule has 3 heteroatoms. The Balaban J connectivity index is 0.000000750. The van der Waals surface area contributed by atoms with Crippen LogP contribution in [0.1, 0.15) is 30.4 Å². The molecule has 0 N–H and O–H groups in total. The third kappa shape index (κ3) is 2.75. The van der Waals surface area contributed by atoms with Crippen LogP contribution in [0.2, 0.25) is 0 Å². The number of benzene rings is 1. The molecule has 0 aliphatic heterocycles. The number of halogens is 2. The molecular formula is C13H13Cl2Zr. The van der Waals surface area contributed by atoms with Crippen LogP contribution in [0.25, 0.3) is 5.57 Å². The maximum Gasteiger partial charge on any atom is 3.00 e. The molecular weight excluding hydrogens is 318 g/mol. The van der Waals surface area contributed by atoms with Crippen molar-refractivity contribution < 1.29 is 51.0 Å². The van der Waals surface area contributed by atoms with Gasteiger partial charge >= 0.3 is 26.2 Å². The Labute approximate surface area is 129 Å². The Morgan fingerprint density at radius 2 is 1.81 bits per heavy atom. The molecule has 1 aromatic rings. The van der Waals surface area contributed by atoms with Gasteiger partial charge in [-0.15, -0.1) is 12.0 Å². The Morgan fingerprint density at radius 3 is 2.62 bits per heavy atom. The van der Waals surface area contributed by atoms with E-state index in [1.807, 2.05) is 0 Å². The molecule has 2 aliphatic carbocycles. The summed E-state index contributed by atoms with van der Waals surface area (Å²) in [6, 6.07) is 8.85. The van der Waals surface area contributed by atoms with Gasteiger partial charge in [0, 0.05) is 0 Å². The van der Waals surface area contributed by atoms with Crippen molar-refractivity contribution in [2.24, 2.45) is 0 Å². The van der Waals surface area contributed by atoms with E-state index in [2.05, 4.69) is 30.7 Å². The van der Waals surface area contributed by atoms with Crippen molar-refractivity contribution in [3.05, 3.63) is 47.4 Å². The van der Waals surface area contributed by atoms with Crippen molar-refractivity contribution in [3.8, 4) is 0 Å². The minimum absolute atomic E-state index is 0. The summed E-state index contributed by atoms with van der Waals surface area (Å²) in [5, 5.41) is 0. The van der Waals surface area contributed by atoms with E-state index in [1.165, 1.54) is 36.8 Å². The molecule has 0 amide bonds. The SMILES string of the molecule is [Cl-].[Cl-].[Zr+3].c1ccc2c(c1)CC1=C2CCC[CH-]1. The minimum Gasteiger partial charge on any atom is -1.00 e. The Hall–Kier alpha value is 0.293. The van der Waals surface area contributed by atoms with Crippen LogP contribution >= 0.6 is 0 Å². The summed E-state index contributed by atoms with van der Waals surface area (Å²) in [4.78, 5) is 0. The van der Waals surface area contributed by atoms with Crippen LogP contribution in [-0.2, 0) is 32.6 Å². The van der Waals surface area contributed by atoms with Gasteiger partial charge in [-0.25, -0.2) is 12.0 Å². The van der Waals surface area contributed by atoms with Gasteiger partial charge in [0.05, 0.1) is 0 Å². The van der Waals surface area contributed by atoms with Crippen molar-refractivity contribution in [3.63, 3.8) is 0 Å². The first-order chi connectivity index (χ1) is 6.45. The minimum atomic E-state index is 0. The molecule has 3 rings (SSSR count). The zero-order chi connectivity index (χ0) is 8.67. The third-order valence-corrected chi connectivity index (χ3v) is 3.13. The molecule has 0 aromatic heterocycles. The van der Waals surface area contributed by atoms with Gasteiger partial charge in [-0.2, -0.15) is 5.57 Å². The standard InChI is InChI=1S/C13H13.2ClH.Zr/c1-3-7-12-10(5-1)9-11-6-2-4-8-13(11)12;;;/h1,3,5-7H,2,4,8-9H2;2*1H;/q-1;;;+3/p-2. The molecule has 1 aromatic carbocycles. The van der Waals surface area contributed by atoms with Crippen molar-refractivity contribution in [1.29, 1.82) is 0 Å². The monoisotopic (exact) mass is 329 g/mol. The average Bonchev–Trinajstić information content (AvgIpc) is 2.56. The number of fused-ring (bicyclic) bond motifs is 2. The molecule has 83 valence electrons. The topological polar surface area (TPSA) is 0 Å². The molecule has 0 nitrogen and oxygen atoms in total. The Kier molecular flexibility index (Phi) is 7.02. The summed E-state index contributed by atoms with van der Waals surface area (Å²) in [5.74, 6) is 0. The predicted octanol–water partition coefficient (Wildman–Crippen LogP) is -2.61. The number of hydrogen-bond donors (Lipinski definition) is 0. The van der Waals surface area contributed by atoms with Crippen molar-refractivity contribution >= 4 is 5.57 Å². The molecule has 2 aliphatic rings. The number of hydrogen-bond acceptors (Lipinski definition) is 0. The fraction of sp³-hybridized carbons (Fsp3) is 0.308. The van der Waals surface area contributed by atoms with E-state index in [-0.39, 0.29) is 51.0 Å². The molecule has 0 saturated carbocycles. The van der Waals surface area contributed by atoms with E-state index < -0.39 is 0 Å².